The van der Waals surface area contributed by atoms with Crippen LogP contribution in [0, 0.1) is 0 Å². The molecule has 20 heavy (non-hydrogen) atoms. The van der Waals surface area contributed by atoms with Gasteiger partial charge in [0.25, 0.3) is 0 Å². The molecule has 0 saturated carbocycles. The Labute approximate surface area is 128 Å². The molecule has 1 aromatic heterocycles. The van der Waals surface area contributed by atoms with E-state index in [1.54, 1.807) is 22.9 Å². The minimum Gasteiger partial charge on any atom is -0.387 e. The number of halogens is 2. The lowest BCUT2D eigenvalue weighted by Gasteiger charge is -2.21. The zero-order valence-electron chi connectivity index (χ0n) is 11.4. The first-order chi connectivity index (χ1) is 9.45. The van der Waals surface area contributed by atoms with Crippen LogP contribution in [0.4, 0.5) is 0 Å². The van der Waals surface area contributed by atoms with E-state index < -0.39 is 6.10 Å². The van der Waals surface area contributed by atoms with Gasteiger partial charge in [0.2, 0.25) is 0 Å². The molecule has 1 heterocycles. The van der Waals surface area contributed by atoms with Gasteiger partial charge in [0, 0.05) is 47.5 Å². The van der Waals surface area contributed by atoms with E-state index in [4.69, 9.17) is 23.2 Å². The predicted molar refractivity (Wildman–Crippen MR) is 81.0 cm³/mol. The molecule has 1 N–H and O–H groups in total. The lowest BCUT2D eigenvalue weighted by atomic mass is 10.1. The smallest absolute Gasteiger partial charge is 0.0931 e. The number of nitrogens with zero attached hydrogens (tertiary/aromatic N) is 3. The van der Waals surface area contributed by atoms with Gasteiger partial charge in [0.15, 0.2) is 0 Å². The Morgan fingerprint density at radius 1 is 1.40 bits per heavy atom. The average Bonchev–Trinajstić information content (AvgIpc) is 2.74. The van der Waals surface area contributed by atoms with E-state index in [9.17, 15) is 5.11 Å². The summed E-state index contributed by atoms with van der Waals surface area (Å²) in [6.07, 6.45) is 3.12. The molecule has 0 spiro atoms. The Morgan fingerprint density at radius 3 is 2.75 bits per heavy atom. The van der Waals surface area contributed by atoms with Crippen LogP contribution >= 0.6 is 23.2 Å². The van der Waals surface area contributed by atoms with Crippen molar-refractivity contribution in [2.24, 2.45) is 7.05 Å². The van der Waals surface area contributed by atoms with Crippen LogP contribution in [0.3, 0.4) is 0 Å². The Bertz CT molecular complexity index is 586. The zero-order chi connectivity index (χ0) is 14.7. The first-order valence-electron chi connectivity index (χ1n) is 6.25. The third kappa shape index (κ3) is 3.96. The highest BCUT2D eigenvalue weighted by atomic mass is 35.5. The first-order valence-corrected chi connectivity index (χ1v) is 7.00. The van der Waals surface area contributed by atoms with Gasteiger partial charge < -0.3 is 5.11 Å². The molecule has 1 unspecified atom stereocenters. The molecule has 6 heteroatoms. The molecule has 0 fully saturated rings. The van der Waals surface area contributed by atoms with Gasteiger partial charge >= 0.3 is 0 Å². The van der Waals surface area contributed by atoms with Gasteiger partial charge in [0.05, 0.1) is 12.3 Å². The van der Waals surface area contributed by atoms with Crippen molar-refractivity contribution < 1.29 is 5.11 Å². The molecular weight excluding hydrogens is 297 g/mol. The van der Waals surface area contributed by atoms with Crippen molar-refractivity contribution in [3.05, 3.63) is 51.8 Å². The number of hydrogen-bond donors (Lipinski definition) is 1. The van der Waals surface area contributed by atoms with Crippen molar-refractivity contribution in [3.63, 3.8) is 0 Å². The maximum Gasteiger partial charge on any atom is 0.0931 e. The van der Waals surface area contributed by atoms with E-state index in [1.165, 1.54) is 0 Å². The van der Waals surface area contributed by atoms with Gasteiger partial charge in [-0.2, -0.15) is 5.10 Å². The second-order valence-electron chi connectivity index (χ2n) is 4.90. The van der Waals surface area contributed by atoms with Crippen molar-refractivity contribution in [3.8, 4) is 0 Å². The number of aryl methyl sites for hydroxylation is 1. The molecule has 0 amide bonds. The minimum absolute atomic E-state index is 0.482. The summed E-state index contributed by atoms with van der Waals surface area (Å²) in [7, 11) is 3.83. The fourth-order valence-corrected chi connectivity index (χ4v) is 2.63. The number of benzene rings is 1. The third-order valence-electron chi connectivity index (χ3n) is 3.02. The fraction of sp³-hybridized carbons (Fsp3) is 0.357. The van der Waals surface area contributed by atoms with Crippen LogP contribution < -0.4 is 0 Å². The predicted octanol–water partition coefficient (Wildman–Crippen LogP) is 2.89. The summed E-state index contributed by atoms with van der Waals surface area (Å²) >= 11 is 11.9. The van der Waals surface area contributed by atoms with Gasteiger partial charge in [0.1, 0.15) is 0 Å². The van der Waals surface area contributed by atoms with E-state index in [-0.39, 0.29) is 0 Å². The average molecular weight is 314 g/mol. The minimum atomic E-state index is -0.651. The molecule has 2 aromatic rings. The van der Waals surface area contributed by atoms with E-state index in [0.717, 1.165) is 12.1 Å². The monoisotopic (exact) mass is 313 g/mol. The standard InChI is InChI=1S/C14H17Cl2N3O/c1-18(7-10-6-17-19(2)8-10)9-14(20)12-4-3-11(15)5-13(12)16/h3-6,8,14,20H,7,9H2,1-2H3. The van der Waals surface area contributed by atoms with Crippen LogP contribution in [0.15, 0.2) is 30.6 Å². The van der Waals surface area contributed by atoms with Crippen LogP contribution in [0.5, 0.6) is 0 Å². The molecule has 0 aliphatic rings. The van der Waals surface area contributed by atoms with Gasteiger partial charge in [-0.1, -0.05) is 29.3 Å². The second kappa shape index (κ2) is 6.59. The lowest BCUT2D eigenvalue weighted by molar-refractivity contribution is 0.124. The number of likely N-dealkylation sites (N-methyl/N-ethyl adjacent to an activating group) is 1. The lowest BCUT2D eigenvalue weighted by Crippen LogP contribution is -2.24. The molecule has 1 aromatic carbocycles. The number of aromatic nitrogens is 2. The molecule has 0 aliphatic heterocycles. The Hall–Kier alpha value is -1.07. The largest absolute Gasteiger partial charge is 0.387 e. The second-order valence-corrected chi connectivity index (χ2v) is 5.74. The normalized spacial score (nSPS) is 12.9. The first kappa shape index (κ1) is 15.3. The molecule has 2 rings (SSSR count). The number of aliphatic hydroxyl groups is 1. The summed E-state index contributed by atoms with van der Waals surface area (Å²) in [6.45, 7) is 1.20. The van der Waals surface area contributed by atoms with Gasteiger partial charge in [-0.05, 0) is 19.2 Å². The Kier molecular flexibility index (Phi) is 5.05. The van der Waals surface area contributed by atoms with Crippen LogP contribution in [0.1, 0.15) is 17.2 Å². The summed E-state index contributed by atoms with van der Waals surface area (Å²) in [5, 5.41) is 15.4. The Morgan fingerprint density at radius 2 is 2.15 bits per heavy atom. The van der Waals surface area contributed by atoms with Crippen molar-refractivity contribution in [2.75, 3.05) is 13.6 Å². The molecule has 0 radical (unpaired) electrons. The summed E-state index contributed by atoms with van der Waals surface area (Å²) < 4.78 is 1.76. The fourth-order valence-electron chi connectivity index (χ4n) is 2.10. The molecule has 4 nitrogen and oxygen atoms in total. The molecule has 0 aliphatic carbocycles. The van der Waals surface area contributed by atoms with Crippen molar-refractivity contribution >= 4 is 23.2 Å². The van der Waals surface area contributed by atoms with E-state index in [0.29, 0.717) is 22.2 Å². The highest BCUT2D eigenvalue weighted by Gasteiger charge is 2.14. The van der Waals surface area contributed by atoms with Crippen molar-refractivity contribution in [1.29, 1.82) is 0 Å². The zero-order valence-corrected chi connectivity index (χ0v) is 12.9. The van der Waals surface area contributed by atoms with Crippen molar-refractivity contribution in [2.45, 2.75) is 12.6 Å². The summed E-state index contributed by atoms with van der Waals surface area (Å²) in [6, 6.07) is 5.13. The topological polar surface area (TPSA) is 41.3 Å². The van der Waals surface area contributed by atoms with Crippen LogP contribution in [-0.4, -0.2) is 33.4 Å². The highest BCUT2D eigenvalue weighted by Crippen LogP contribution is 2.26. The van der Waals surface area contributed by atoms with Crippen LogP contribution in [-0.2, 0) is 13.6 Å². The summed E-state index contributed by atoms with van der Waals surface area (Å²) in [5.74, 6) is 0. The quantitative estimate of drug-likeness (QED) is 0.922. The van der Waals surface area contributed by atoms with Gasteiger partial charge in [-0.3, -0.25) is 9.58 Å². The van der Waals surface area contributed by atoms with Crippen molar-refractivity contribution in [1.82, 2.24) is 14.7 Å². The number of aliphatic hydroxyl groups excluding tert-OH is 1. The van der Waals surface area contributed by atoms with Crippen LogP contribution in [0.25, 0.3) is 0 Å². The van der Waals surface area contributed by atoms with E-state index in [2.05, 4.69) is 5.10 Å². The highest BCUT2D eigenvalue weighted by molar-refractivity contribution is 6.35. The molecule has 0 bridgehead atoms. The Balaban J connectivity index is 1.98. The van der Waals surface area contributed by atoms with E-state index in [1.807, 2.05) is 31.4 Å². The maximum absolute atomic E-state index is 10.3. The number of hydrogen-bond acceptors (Lipinski definition) is 3. The molecule has 1 atom stereocenters. The van der Waals surface area contributed by atoms with E-state index >= 15 is 0 Å². The summed E-state index contributed by atoms with van der Waals surface area (Å²) in [4.78, 5) is 2.02. The molecular formula is C14H17Cl2N3O. The molecule has 108 valence electrons. The third-order valence-corrected chi connectivity index (χ3v) is 3.58. The number of rotatable bonds is 5. The van der Waals surface area contributed by atoms with Gasteiger partial charge in [-0.15, -0.1) is 0 Å². The van der Waals surface area contributed by atoms with Gasteiger partial charge in [-0.25, -0.2) is 0 Å². The summed E-state index contributed by atoms with van der Waals surface area (Å²) in [5.41, 5.74) is 1.79. The maximum atomic E-state index is 10.3. The SMILES string of the molecule is CN(Cc1cnn(C)c1)CC(O)c1ccc(Cl)cc1Cl. The van der Waals surface area contributed by atoms with Crippen LogP contribution in [0.2, 0.25) is 10.0 Å². The molecule has 0 saturated heterocycles.